The summed E-state index contributed by atoms with van der Waals surface area (Å²) in [5.74, 6) is -0.777. The highest BCUT2D eigenvalue weighted by atomic mass is 79.9. The maximum absolute atomic E-state index is 13.3. The Kier molecular flexibility index (Phi) is 4.29. The smallest absolute Gasteiger partial charge is 0.196 e. The molecule has 0 saturated carbocycles. The number of aryl methyl sites for hydroxylation is 1. The molecule has 0 heterocycles. The van der Waals surface area contributed by atoms with Crippen LogP contribution in [-0.4, -0.2) is 5.78 Å². The standard InChI is InChI=1S/C14H8BrCl2FO/c1-7-5-9(11(16)6-12(7)18)14(19)8-3-2-4-10(15)13(8)17/h2-6H,1H3. The van der Waals surface area contributed by atoms with Crippen molar-refractivity contribution in [2.75, 3.05) is 0 Å². The van der Waals surface area contributed by atoms with Crippen molar-refractivity contribution >= 4 is 44.9 Å². The molecule has 2 aromatic rings. The van der Waals surface area contributed by atoms with Crippen LogP contribution in [0, 0.1) is 12.7 Å². The first-order valence-corrected chi connectivity index (χ1v) is 6.91. The fraction of sp³-hybridized carbons (Fsp3) is 0.0714. The molecule has 0 atom stereocenters. The molecule has 0 amide bonds. The minimum absolute atomic E-state index is 0.0733. The van der Waals surface area contributed by atoms with E-state index in [4.69, 9.17) is 23.2 Å². The minimum Gasteiger partial charge on any atom is -0.288 e. The summed E-state index contributed by atoms with van der Waals surface area (Å²) in [6.45, 7) is 1.57. The third kappa shape index (κ3) is 2.83. The lowest BCUT2D eigenvalue weighted by Gasteiger charge is -2.08. The lowest BCUT2D eigenvalue weighted by molar-refractivity contribution is 0.103. The van der Waals surface area contributed by atoms with Gasteiger partial charge in [0.05, 0.1) is 10.0 Å². The van der Waals surface area contributed by atoms with E-state index in [0.29, 0.717) is 20.6 Å². The molecule has 0 radical (unpaired) electrons. The van der Waals surface area contributed by atoms with Crippen LogP contribution in [-0.2, 0) is 0 Å². The van der Waals surface area contributed by atoms with Crippen LogP contribution in [0.15, 0.2) is 34.8 Å². The summed E-state index contributed by atoms with van der Waals surface area (Å²) < 4.78 is 14.0. The summed E-state index contributed by atoms with van der Waals surface area (Å²) in [6, 6.07) is 7.60. The second-order valence-electron chi connectivity index (χ2n) is 4.01. The second kappa shape index (κ2) is 5.61. The van der Waals surface area contributed by atoms with Crippen molar-refractivity contribution in [1.82, 2.24) is 0 Å². The third-order valence-corrected chi connectivity index (χ3v) is 4.30. The molecular weight excluding hydrogens is 354 g/mol. The van der Waals surface area contributed by atoms with Crippen LogP contribution in [0.2, 0.25) is 10.0 Å². The average Bonchev–Trinajstić information content (AvgIpc) is 2.36. The van der Waals surface area contributed by atoms with Gasteiger partial charge in [0.1, 0.15) is 5.82 Å². The van der Waals surface area contributed by atoms with Crippen LogP contribution in [0.25, 0.3) is 0 Å². The highest BCUT2D eigenvalue weighted by Crippen LogP contribution is 2.30. The maximum Gasteiger partial charge on any atom is 0.196 e. The topological polar surface area (TPSA) is 17.1 Å². The van der Waals surface area contributed by atoms with Crippen molar-refractivity contribution in [3.63, 3.8) is 0 Å². The minimum atomic E-state index is -0.443. The molecule has 19 heavy (non-hydrogen) atoms. The number of halogens is 4. The Morgan fingerprint density at radius 2 is 1.89 bits per heavy atom. The normalized spacial score (nSPS) is 10.6. The Labute approximate surface area is 128 Å². The van der Waals surface area contributed by atoms with E-state index in [1.165, 1.54) is 6.07 Å². The Bertz CT molecular complexity index is 671. The molecule has 5 heteroatoms. The number of ketones is 1. The van der Waals surface area contributed by atoms with Gasteiger partial charge in [0.2, 0.25) is 0 Å². The zero-order valence-electron chi connectivity index (χ0n) is 9.81. The highest BCUT2D eigenvalue weighted by molar-refractivity contribution is 9.10. The fourth-order valence-electron chi connectivity index (χ4n) is 1.66. The van der Waals surface area contributed by atoms with Gasteiger partial charge < -0.3 is 0 Å². The molecule has 0 spiro atoms. The summed E-state index contributed by atoms with van der Waals surface area (Å²) in [6.07, 6.45) is 0. The van der Waals surface area contributed by atoms with E-state index in [2.05, 4.69) is 15.9 Å². The average molecular weight is 362 g/mol. The van der Waals surface area contributed by atoms with E-state index in [1.54, 1.807) is 25.1 Å². The number of rotatable bonds is 2. The lowest BCUT2D eigenvalue weighted by atomic mass is 10.0. The Hall–Kier alpha value is -0.900. The zero-order valence-corrected chi connectivity index (χ0v) is 12.9. The van der Waals surface area contributed by atoms with Gasteiger partial charge in [-0.1, -0.05) is 29.3 Å². The van der Waals surface area contributed by atoms with Crippen molar-refractivity contribution in [2.24, 2.45) is 0 Å². The van der Waals surface area contributed by atoms with Crippen LogP contribution in [0.5, 0.6) is 0 Å². The predicted octanol–water partition coefficient (Wildman–Crippen LogP) is 5.43. The second-order valence-corrected chi connectivity index (χ2v) is 5.65. The number of carbonyl (C=O) groups is 1. The Balaban J connectivity index is 2.56. The summed E-state index contributed by atoms with van der Waals surface area (Å²) in [5.41, 5.74) is 0.920. The van der Waals surface area contributed by atoms with Gasteiger partial charge in [-0.25, -0.2) is 4.39 Å². The molecule has 98 valence electrons. The molecule has 1 nitrogen and oxygen atoms in total. The quantitative estimate of drug-likeness (QED) is 0.651. The van der Waals surface area contributed by atoms with Crippen LogP contribution >= 0.6 is 39.1 Å². The largest absolute Gasteiger partial charge is 0.288 e. The highest BCUT2D eigenvalue weighted by Gasteiger charge is 2.18. The van der Waals surface area contributed by atoms with Gasteiger partial charge in [-0.2, -0.15) is 0 Å². The molecule has 0 N–H and O–H groups in total. The fourth-order valence-corrected chi connectivity index (χ4v) is 2.47. The van der Waals surface area contributed by atoms with E-state index in [0.717, 1.165) is 6.07 Å². The first-order chi connectivity index (χ1) is 8.91. The Morgan fingerprint density at radius 3 is 2.58 bits per heavy atom. The van der Waals surface area contributed by atoms with Crippen molar-refractivity contribution in [3.05, 3.63) is 67.4 Å². The van der Waals surface area contributed by atoms with Gasteiger partial charge in [-0.05, 0) is 52.7 Å². The molecule has 0 saturated heterocycles. The molecule has 2 rings (SSSR count). The molecular formula is C14H8BrCl2FO. The summed E-state index contributed by atoms with van der Waals surface area (Å²) >= 11 is 15.3. The molecule has 2 aromatic carbocycles. The molecule has 0 aromatic heterocycles. The predicted molar refractivity (Wildman–Crippen MR) is 78.7 cm³/mol. The van der Waals surface area contributed by atoms with Crippen LogP contribution in [0.1, 0.15) is 21.5 Å². The van der Waals surface area contributed by atoms with Gasteiger partial charge in [-0.15, -0.1) is 0 Å². The number of benzene rings is 2. The van der Waals surface area contributed by atoms with Gasteiger partial charge in [0.25, 0.3) is 0 Å². The maximum atomic E-state index is 13.3. The Morgan fingerprint density at radius 1 is 1.21 bits per heavy atom. The van der Waals surface area contributed by atoms with Crippen molar-refractivity contribution in [2.45, 2.75) is 6.92 Å². The van der Waals surface area contributed by atoms with Gasteiger partial charge in [-0.3, -0.25) is 4.79 Å². The van der Waals surface area contributed by atoms with E-state index < -0.39 is 5.82 Å². The first-order valence-electron chi connectivity index (χ1n) is 5.36. The summed E-state index contributed by atoms with van der Waals surface area (Å²) in [5, 5.41) is 0.384. The number of hydrogen-bond acceptors (Lipinski definition) is 1. The van der Waals surface area contributed by atoms with Crippen LogP contribution in [0.4, 0.5) is 4.39 Å². The molecule has 0 fully saturated rings. The molecule has 0 aliphatic carbocycles. The van der Waals surface area contributed by atoms with Crippen molar-refractivity contribution in [3.8, 4) is 0 Å². The summed E-state index contributed by atoms with van der Waals surface area (Å²) in [7, 11) is 0. The summed E-state index contributed by atoms with van der Waals surface area (Å²) in [4.78, 5) is 12.4. The monoisotopic (exact) mass is 360 g/mol. The molecule has 0 unspecified atom stereocenters. The first kappa shape index (κ1) is 14.5. The van der Waals surface area contributed by atoms with Crippen LogP contribution < -0.4 is 0 Å². The van der Waals surface area contributed by atoms with Gasteiger partial charge in [0, 0.05) is 15.6 Å². The van der Waals surface area contributed by atoms with Gasteiger partial charge in [0.15, 0.2) is 5.78 Å². The van der Waals surface area contributed by atoms with Crippen LogP contribution in [0.3, 0.4) is 0 Å². The third-order valence-electron chi connectivity index (χ3n) is 2.69. The number of carbonyl (C=O) groups excluding carboxylic acids is 1. The van der Waals surface area contributed by atoms with Crippen molar-refractivity contribution in [1.29, 1.82) is 0 Å². The molecule has 0 aliphatic heterocycles. The zero-order chi connectivity index (χ0) is 14.2. The van der Waals surface area contributed by atoms with Gasteiger partial charge >= 0.3 is 0 Å². The molecule has 0 bridgehead atoms. The van der Waals surface area contributed by atoms with Crippen molar-refractivity contribution < 1.29 is 9.18 Å². The number of hydrogen-bond donors (Lipinski definition) is 0. The van der Waals surface area contributed by atoms with E-state index in [1.807, 2.05) is 0 Å². The van der Waals surface area contributed by atoms with E-state index >= 15 is 0 Å². The van der Waals surface area contributed by atoms with E-state index in [9.17, 15) is 9.18 Å². The molecule has 0 aliphatic rings. The SMILES string of the molecule is Cc1cc(C(=O)c2cccc(Br)c2Cl)c(Cl)cc1F. The van der Waals surface area contributed by atoms with E-state index in [-0.39, 0.29) is 16.4 Å². The lowest BCUT2D eigenvalue weighted by Crippen LogP contribution is -2.04.